The monoisotopic (exact) mass is 552 g/mol. The molecule has 0 saturated carbocycles. The Morgan fingerprint density at radius 3 is 2.44 bits per heavy atom. The Morgan fingerprint density at radius 2 is 1.74 bits per heavy atom. The normalized spacial score (nSPS) is 16.7. The average Bonchev–Trinajstić information content (AvgIpc) is 3.19. The van der Waals surface area contributed by atoms with Gasteiger partial charge in [0.15, 0.2) is 5.84 Å². The van der Waals surface area contributed by atoms with Gasteiger partial charge in [0.05, 0.1) is 23.5 Å². The van der Waals surface area contributed by atoms with Crippen LogP contribution in [-0.2, 0) is 22.4 Å². The van der Waals surface area contributed by atoms with Gasteiger partial charge in [-0.3, -0.25) is 14.5 Å². The summed E-state index contributed by atoms with van der Waals surface area (Å²) < 4.78 is 13.2. The molecule has 1 atom stereocenters. The molecule has 0 spiro atoms. The van der Waals surface area contributed by atoms with Crippen LogP contribution in [0, 0.1) is 12.7 Å². The lowest BCUT2D eigenvalue weighted by atomic mass is 10.0. The van der Waals surface area contributed by atoms with E-state index in [1.54, 1.807) is 23.5 Å². The van der Waals surface area contributed by atoms with Crippen molar-refractivity contribution in [2.24, 2.45) is 4.99 Å². The van der Waals surface area contributed by atoms with Gasteiger partial charge in [0.1, 0.15) is 11.5 Å². The Bertz CT molecular complexity index is 1330. The number of aryl methyl sites for hydroxylation is 2. The molecular formula is C29H33FN4O4S. The highest BCUT2D eigenvalue weighted by atomic mass is 32.1. The van der Waals surface area contributed by atoms with Crippen LogP contribution in [0.5, 0.6) is 0 Å². The minimum absolute atomic E-state index is 0.175. The second-order valence-corrected chi connectivity index (χ2v) is 11.1. The van der Waals surface area contributed by atoms with Gasteiger partial charge in [-0.2, -0.15) is 0 Å². The molecule has 3 heterocycles. The highest BCUT2D eigenvalue weighted by molar-refractivity contribution is 7.11. The molecule has 1 fully saturated rings. The Morgan fingerprint density at radius 1 is 1.05 bits per heavy atom. The van der Waals surface area contributed by atoms with Crippen molar-refractivity contribution in [3.8, 4) is 0 Å². The zero-order valence-electron chi connectivity index (χ0n) is 22.1. The van der Waals surface area contributed by atoms with Crippen molar-refractivity contribution in [1.29, 1.82) is 0 Å². The number of carboxylic acids is 2. The summed E-state index contributed by atoms with van der Waals surface area (Å²) in [4.78, 5) is 35.5. The number of hydrogen-bond acceptors (Lipinski definition) is 7. The number of amidine groups is 1. The fraction of sp³-hybridized carbons (Fsp3) is 0.379. The molecule has 0 unspecified atom stereocenters. The SMILES string of the molecule is Cc1nc2c(s1)Cc1ccccc1N=C2N1CCN(C)[C@@H](CCc2ccc(F)cc2)C1.O=C(O)CCC(=O)O. The molecule has 10 heteroatoms. The quantitative estimate of drug-likeness (QED) is 0.454. The number of hydrogen-bond donors (Lipinski definition) is 2. The molecule has 8 nitrogen and oxygen atoms in total. The number of aromatic nitrogens is 1. The summed E-state index contributed by atoms with van der Waals surface area (Å²) in [7, 11) is 2.20. The summed E-state index contributed by atoms with van der Waals surface area (Å²) in [5, 5.41) is 16.9. The maximum Gasteiger partial charge on any atom is 0.303 e. The summed E-state index contributed by atoms with van der Waals surface area (Å²) >= 11 is 1.79. The van der Waals surface area contributed by atoms with Crippen LogP contribution in [0.4, 0.5) is 10.1 Å². The van der Waals surface area contributed by atoms with Gasteiger partial charge in [-0.15, -0.1) is 11.3 Å². The fourth-order valence-electron chi connectivity index (χ4n) is 4.74. The number of halogens is 1. The third-order valence-corrected chi connectivity index (χ3v) is 7.86. The lowest BCUT2D eigenvalue weighted by Crippen LogP contribution is -2.53. The minimum atomic E-state index is -1.08. The van der Waals surface area contributed by atoms with Gasteiger partial charge in [0.25, 0.3) is 0 Å². The Kier molecular flexibility index (Phi) is 9.42. The molecule has 39 heavy (non-hydrogen) atoms. The van der Waals surface area contributed by atoms with E-state index in [1.165, 1.54) is 16.0 Å². The zero-order chi connectivity index (χ0) is 27.9. The van der Waals surface area contributed by atoms with Gasteiger partial charge < -0.3 is 15.1 Å². The predicted molar refractivity (Wildman–Crippen MR) is 150 cm³/mol. The molecule has 0 amide bonds. The number of rotatable bonds is 6. The maximum absolute atomic E-state index is 13.2. The lowest BCUT2D eigenvalue weighted by molar-refractivity contribution is -0.143. The summed E-state index contributed by atoms with van der Waals surface area (Å²) in [6.45, 7) is 4.95. The first-order chi connectivity index (χ1) is 18.7. The first kappa shape index (κ1) is 28.4. The van der Waals surface area contributed by atoms with Crippen molar-refractivity contribution in [1.82, 2.24) is 14.8 Å². The summed E-state index contributed by atoms with van der Waals surface area (Å²) in [6.07, 6.45) is 2.28. The highest BCUT2D eigenvalue weighted by Crippen LogP contribution is 2.33. The first-order valence-corrected chi connectivity index (χ1v) is 13.8. The van der Waals surface area contributed by atoms with Crippen molar-refractivity contribution < 1.29 is 24.2 Å². The van der Waals surface area contributed by atoms with Crippen LogP contribution < -0.4 is 0 Å². The standard InChI is InChI=1S/C25H27FN4S.C4H6O4/c1-17-27-24-23(31-17)15-19-5-3-4-6-22(19)28-25(24)30-14-13-29(2)21(16-30)12-9-18-7-10-20(26)11-8-18;5-3(6)1-2-4(7)8/h3-8,10-11,21H,9,12-16H2,1-2H3;1-2H2,(H,5,6)(H,7,8)/t21-;/m0./s1. The Balaban J connectivity index is 0.000000386. The van der Waals surface area contributed by atoms with Crippen LogP contribution in [0.15, 0.2) is 53.5 Å². The van der Waals surface area contributed by atoms with E-state index in [-0.39, 0.29) is 18.7 Å². The first-order valence-electron chi connectivity index (χ1n) is 13.0. The van der Waals surface area contributed by atoms with E-state index in [4.69, 9.17) is 20.2 Å². The predicted octanol–water partition coefficient (Wildman–Crippen LogP) is 4.76. The van der Waals surface area contributed by atoms with Gasteiger partial charge in [-0.1, -0.05) is 30.3 Å². The molecular weight excluding hydrogens is 519 g/mol. The lowest BCUT2D eigenvalue weighted by Gasteiger charge is -2.40. The highest BCUT2D eigenvalue weighted by Gasteiger charge is 2.30. The summed E-state index contributed by atoms with van der Waals surface area (Å²) in [6, 6.07) is 15.8. The molecule has 1 aromatic heterocycles. The van der Waals surface area contributed by atoms with Crippen molar-refractivity contribution >= 4 is 34.8 Å². The molecule has 5 rings (SSSR count). The third kappa shape index (κ3) is 7.70. The number of benzene rings is 2. The van der Waals surface area contributed by atoms with E-state index in [0.717, 1.165) is 61.1 Å². The van der Waals surface area contributed by atoms with Crippen molar-refractivity contribution in [3.05, 3.63) is 81.1 Å². The van der Waals surface area contributed by atoms with Crippen LogP contribution >= 0.6 is 11.3 Å². The number of nitrogens with zero attached hydrogens (tertiary/aromatic N) is 4. The topological polar surface area (TPSA) is 106 Å². The maximum atomic E-state index is 13.2. The second-order valence-electron chi connectivity index (χ2n) is 9.78. The summed E-state index contributed by atoms with van der Waals surface area (Å²) in [5.41, 5.74) is 4.57. The van der Waals surface area contributed by atoms with E-state index < -0.39 is 11.9 Å². The van der Waals surface area contributed by atoms with E-state index in [0.29, 0.717) is 6.04 Å². The van der Waals surface area contributed by atoms with Gasteiger partial charge in [0.2, 0.25) is 0 Å². The number of fused-ring (bicyclic) bond motifs is 2. The van der Waals surface area contributed by atoms with Gasteiger partial charge >= 0.3 is 11.9 Å². The van der Waals surface area contributed by atoms with Crippen LogP contribution in [0.1, 0.15) is 46.0 Å². The molecule has 1 saturated heterocycles. The molecule has 3 aromatic rings. The number of thiazole rings is 1. The van der Waals surface area contributed by atoms with Crippen molar-refractivity contribution in [2.75, 3.05) is 26.7 Å². The minimum Gasteiger partial charge on any atom is -0.481 e. The summed E-state index contributed by atoms with van der Waals surface area (Å²) in [5.74, 6) is -1.31. The Hall–Kier alpha value is -3.63. The molecule has 2 N–H and O–H groups in total. The van der Waals surface area contributed by atoms with Crippen LogP contribution in [0.25, 0.3) is 0 Å². The van der Waals surface area contributed by atoms with E-state index >= 15 is 0 Å². The molecule has 2 aliphatic rings. The zero-order valence-corrected chi connectivity index (χ0v) is 23.0. The van der Waals surface area contributed by atoms with Gasteiger partial charge in [-0.05, 0) is 56.1 Å². The van der Waals surface area contributed by atoms with Gasteiger partial charge in [-0.25, -0.2) is 14.4 Å². The molecule has 2 aromatic carbocycles. The van der Waals surface area contributed by atoms with E-state index in [1.807, 2.05) is 12.1 Å². The third-order valence-electron chi connectivity index (χ3n) is 6.89. The van der Waals surface area contributed by atoms with E-state index in [9.17, 15) is 14.0 Å². The number of carbonyl (C=O) groups is 2. The van der Waals surface area contributed by atoms with Crippen LogP contribution in [0.3, 0.4) is 0 Å². The smallest absolute Gasteiger partial charge is 0.303 e. The molecule has 206 valence electrons. The number of aliphatic imine (C=N–C) groups is 1. The van der Waals surface area contributed by atoms with Crippen LogP contribution in [0.2, 0.25) is 0 Å². The number of carboxylic acid groups (broad SMARTS) is 2. The van der Waals surface area contributed by atoms with Crippen molar-refractivity contribution in [2.45, 2.75) is 45.1 Å². The molecule has 0 bridgehead atoms. The number of aliphatic carboxylic acids is 2. The second kappa shape index (κ2) is 12.9. The fourth-order valence-corrected chi connectivity index (χ4v) is 5.70. The molecule has 2 aliphatic heterocycles. The number of para-hydroxylation sites is 1. The van der Waals surface area contributed by atoms with Gasteiger partial charge in [0, 0.05) is 37.0 Å². The van der Waals surface area contributed by atoms with Crippen LogP contribution in [-0.4, -0.2) is 75.5 Å². The Labute approximate surface area is 231 Å². The number of likely N-dealkylation sites (N-methyl/N-ethyl adjacent to an activating group) is 1. The van der Waals surface area contributed by atoms with Crippen molar-refractivity contribution in [3.63, 3.8) is 0 Å². The van der Waals surface area contributed by atoms with E-state index in [2.05, 4.69) is 48.0 Å². The molecule has 0 radical (unpaired) electrons. The number of piperazine rings is 1. The average molecular weight is 553 g/mol. The molecule has 0 aliphatic carbocycles. The largest absolute Gasteiger partial charge is 0.481 e.